The topological polar surface area (TPSA) is 55.6 Å². The van der Waals surface area contributed by atoms with Crippen molar-refractivity contribution >= 4 is 5.69 Å². The van der Waals surface area contributed by atoms with Crippen LogP contribution in [-0.4, -0.2) is 35.6 Å². The number of likely N-dealkylation sites (tertiary alicyclic amines) is 1. The molecule has 5 heteroatoms. The van der Waals surface area contributed by atoms with Crippen LogP contribution in [0.4, 0.5) is 5.69 Å². The van der Waals surface area contributed by atoms with E-state index in [-0.39, 0.29) is 11.6 Å². The van der Waals surface area contributed by atoms with E-state index in [1.54, 1.807) is 22.9 Å². The zero-order valence-corrected chi connectivity index (χ0v) is 9.67. The Morgan fingerprint density at radius 3 is 3.18 bits per heavy atom. The summed E-state index contributed by atoms with van der Waals surface area (Å²) in [6.07, 6.45) is 2.74. The Bertz CT molecular complexity index is 488. The molecule has 1 aliphatic heterocycles. The maximum Gasteiger partial charge on any atom is 0.273 e. The molecule has 2 heterocycles. The summed E-state index contributed by atoms with van der Waals surface area (Å²) in [5.74, 6) is 0. The van der Waals surface area contributed by atoms with Crippen LogP contribution in [0.3, 0.4) is 0 Å². The van der Waals surface area contributed by atoms with E-state index in [1.807, 2.05) is 0 Å². The Balaban J connectivity index is 2.08. The van der Waals surface area contributed by atoms with Crippen molar-refractivity contribution in [3.63, 3.8) is 0 Å². The zero-order chi connectivity index (χ0) is 12.3. The summed E-state index contributed by atoms with van der Waals surface area (Å²) < 4.78 is 1.72. The van der Waals surface area contributed by atoms with Crippen molar-refractivity contribution < 1.29 is 0 Å². The zero-order valence-electron chi connectivity index (χ0n) is 9.67. The molecule has 1 atom stereocenters. The standard InChI is InChI=1S/C12H16N4O/c1-14-5-8-15-7-4-10(9-15)16-6-2-3-11(13)12(16)17/h2-3,6,10H,4-5,7-9,13H2/t10-/m1/s1. The summed E-state index contributed by atoms with van der Waals surface area (Å²) in [7, 11) is 0. The van der Waals surface area contributed by atoms with Crippen molar-refractivity contribution in [1.29, 1.82) is 0 Å². The highest BCUT2D eigenvalue weighted by Crippen LogP contribution is 2.19. The molecule has 0 amide bonds. The Morgan fingerprint density at radius 1 is 1.59 bits per heavy atom. The highest BCUT2D eigenvalue weighted by molar-refractivity contribution is 5.33. The summed E-state index contributed by atoms with van der Waals surface area (Å²) in [5.41, 5.74) is 5.81. The molecule has 90 valence electrons. The number of pyridine rings is 1. The first kappa shape index (κ1) is 11.7. The number of hydrogen-bond donors (Lipinski definition) is 1. The van der Waals surface area contributed by atoms with E-state index in [4.69, 9.17) is 12.3 Å². The van der Waals surface area contributed by atoms with Gasteiger partial charge in [-0.2, -0.15) is 0 Å². The summed E-state index contributed by atoms with van der Waals surface area (Å²) in [4.78, 5) is 17.4. The average molecular weight is 232 g/mol. The molecule has 1 saturated heterocycles. The van der Waals surface area contributed by atoms with Gasteiger partial charge >= 0.3 is 0 Å². The van der Waals surface area contributed by atoms with Crippen LogP contribution in [0.25, 0.3) is 4.85 Å². The average Bonchev–Trinajstić information content (AvgIpc) is 2.78. The number of nitrogen functional groups attached to an aromatic ring is 1. The van der Waals surface area contributed by atoms with Crippen LogP contribution in [0.5, 0.6) is 0 Å². The second kappa shape index (κ2) is 5.02. The largest absolute Gasteiger partial charge is 0.394 e. The Kier molecular flexibility index (Phi) is 3.45. The SMILES string of the molecule is [C-]#[N+]CCN1CC[C@@H](n2cccc(N)c2=O)C1. The molecule has 2 rings (SSSR count). The predicted octanol–water partition coefficient (Wildman–Crippen LogP) is 0.597. The molecule has 0 spiro atoms. The van der Waals surface area contributed by atoms with Gasteiger partial charge in [0.1, 0.15) is 0 Å². The predicted molar refractivity (Wildman–Crippen MR) is 66.7 cm³/mol. The first-order valence-electron chi connectivity index (χ1n) is 5.74. The lowest BCUT2D eigenvalue weighted by molar-refractivity contribution is 0.337. The summed E-state index contributed by atoms with van der Waals surface area (Å²) in [6.45, 7) is 9.86. The first-order chi connectivity index (χ1) is 8.22. The van der Waals surface area contributed by atoms with Crippen LogP contribution >= 0.6 is 0 Å². The fourth-order valence-electron chi connectivity index (χ4n) is 2.25. The molecule has 0 unspecified atom stereocenters. The van der Waals surface area contributed by atoms with Crippen molar-refractivity contribution in [1.82, 2.24) is 9.47 Å². The molecule has 0 bridgehead atoms. The van der Waals surface area contributed by atoms with Gasteiger partial charge < -0.3 is 15.1 Å². The first-order valence-corrected chi connectivity index (χ1v) is 5.74. The minimum absolute atomic E-state index is 0.107. The van der Waals surface area contributed by atoms with Gasteiger partial charge in [0.15, 0.2) is 0 Å². The van der Waals surface area contributed by atoms with Crippen LogP contribution in [0.2, 0.25) is 0 Å². The molecule has 0 radical (unpaired) electrons. The van der Waals surface area contributed by atoms with Crippen molar-refractivity contribution in [2.45, 2.75) is 12.5 Å². The molecule has 0 aliphatic carbocycles. The lowest BCUT2D eigenvalue weighted by atomic mass is 10.2. The van der Waals surface area contributed by atoms with Gasteiger partial charge in [-0.3, -0.25) is 9.69 Å². The highest BCUT2D eigenvalue weighted by Gasteiger charge is 2.24. The van der Waals surface area contributed by atoms with Crippen molar-refractivity contribution in [3.05, 3.63) is 40.1 Å². The monoisotopic (exact) mass is 232 g/mol. The van der Waals surface area contributed by atoms with Gasteiger partial charge in [-0.15, -0.1) is 0 Å². The van der Waals surface area contributed by atoms with Crippen LogP contribution in [0.1, 0.15) is 12.5 Å². The second-order valence-electron chi connectivity index (χ2n) is 4.30. The van der Waals surface area contributed by atoms with Crippen molar-refractivity contribution in [2.75, 3.05) is 31.9 Å². The molecule has 0 aromatic carbocycles. The molecule has 1 aliphatic rings. The van der Waals surface area contributed by atoms with Gasteiger partial charge in [-0.25, -0.2) is 6.57 Å². The lowest BCUT2D eigenvalue weighted by Gasteiger charge is -2.15. The highest BCUT2D eigenvalue weighted by atomic mass is 16.1. The third-order valence-corrected chi connectivity index (χ3v) is 3.17. The van der Waals surface area contributed by atoms with Crippen LogP contribution in [0.15, 0.2) is 23.1 Å². The van der Waals surface area contributed by atoms with Crippen molar-refractivity contribution in [2.24, 2.45) is 0 Å². The summed E-state index contributed by atoms with van der Waals surface area (Å²) >= 11 is 0. The molecule has 1 aromatic rings. The minimum Gasteiger partial charge on any atom is -0.394 e. The van der Waals surface area contributed by atoms with E-state index in [0.29, 0.717) is 12.2 Å². The third kappa shape index (κ3) is 2.48. The van der Waals surface area contributed by atoms with E-state index in [1.165, 1.54) is 0 Å². The van der Waals surface area contributed by atoms with Gasteiger partial charge in [0, 0.05) is 19.3 Å². The van der Waals surface area contributed by atoms with Gasteiger partial charge in [-0.1, -0.05) is 0 Å². The van der Waals surface area contributed by atoms with E-state index >= 15 is 0 Å². The maximum absolute atomic E-state index is 11.8. The Morgan fingerprint density at radius 2 is 2.41 bits per heavy atom. The molecule has 17 heavy (non-hydrogen) atoms. The molecular formula is C12H16N4O. The third-order valence-electron chi connectivity index (χ3n) is 3.17. The lowest BCUT2D eigenvalue weighted by Crippen LogP contribution is -2.29. The van der Waals surface area contributed by atoms with Gasteiger partial charge in [0.2, 0.25) is 6.54 Å². The van der Waals surface area contributed by atoms with E-state index < -0.39 is 0 Å². The number of hydrogen-bond acceptors (Lipinski definition) is 3. The van der Waals surface area contributed by atoms with Crippen LogP contribution in [-0.2, 0) is 0 Å². The fourth-order valence-corrected chi connectivity index (χ4v) is 2.25. The molecule has 5 nitrogen and oxygen atoms in total. The van der Waals surface area contributed by atoms with Gasteiger partial charge in [0.05, 0.1) is 18.3 Å². The van der Waals surface area contributed by atoms with Crippen LogP contribution < -0.4 is 11.3 Å². The smallest absolute Gasteiger partial charge is 0.273 e. The Hall–Kier alpha value is -1.80. The normalized spacial score (nSPS) is 20.3. The van der Waals surface area contributed by atoms with Gasteiger partial charge in [0.25, 0.3) is 5.56 Å². The molecule has 1 aromatic heterocycles. The second-order valence-corrected chi connectivity index (χ2v) is 4.30. The van der Waals surface area contributed by atoms with E-state index in [9.17, 15) is 4.79 Å². The minimum atomic E-state index is -0.107. The number of rotatable bonds is 3. The number of nitrogens with zero attached hydrogens (tertiary/aromatic N) is 3. The van der Waals surface area contributed by atoms with E-state index in [2.05, 4.69) is 9.74 Å². The van der Waals surface area contributed by atoms with E-state index in [0.717, 1.165) is 26.1 Å². The quantitative estimate of drug-likeness (QED) is 0.776. The maximum atomic E-state index is 11.8. The summed E-state index contributed by atoms with van der Waals surface area (Å²) in [6, 6.07) is 3.63. The molecule has 0 saturated carbocycles. The number of nitrogens with two attached hydrogens (primary N) is 1. The summed E-state index contributed by atoms with van der Waals surface area (Å²) in [5, 5.41) is 0. The van der Waals surface area contributed by atoms with Crippen molar-refractivity contribution in [3.8, 4) is 0 Å². The van der Waals surface area contributed by atoms with Crippen LogP contribution in [0, 0.1) is 6.57 Å². The molecular weight excluding hydrogens is 216 g/mol. The van der Waals surface area contributed by atoms with Gasteiger partial charge in [-0.05, 0) is 18.6 Å². The number of aromatic nitrogens is 1. The fraction of sp³-hybridized carbons (Fsp3) is 0.500. The number of anilines is 1. The molecule has 1 fully saturated rings. The Labute approximate surface area is 100 Å². The molecule has 2 N–H and O–H groups in total.